The maximum absolute atomic E-state index is 14.3. The van der Waals surface area contributed by atoms with Crippen LogP contribution in [0.25, 0.3) is 10.9 Å². The summed E-state index contributed by atoms with van der Waals surface area (Å²) in [4.78, 5) is 26.0. The fourth-order valence-corrected chi connectivity index (χ4v) is 5.05. The summed E-state index contributed by atoms with van der Waals surface area (Å²) >= 11 is 1.09. The Hall–Kier alpha value is -2.94. The summed E-state index contributed by atoms with van der Waals surface area (Å²) in [6, 6.07) is 12.0. The van der Waals surface area contributed by atoms with Gasteiger partial charge in [-0.15, -0.1) is 11.8 Å². The van der Waals surface area contributed by atoms with Crippen molar-refractivity contribution in [1.82, 2.24) is 4.57 Å². The molecule has 0 radical (unpaired) electrons. The zero-order valence-electron chi connectivity index (χ0n) is 16.8. The smallest absolute Gasteiger partial charge is 0.418 e. The number of aryl methyl sites for hydroxylation is 1. The quantitative estimate of drug-likeness (QED) is 0.524. The summed E-state index contributed by atoms with van der Waals surface area (Å²) < 4.78 is 49.3. The van der Waals surface area contributed by atoms with Gasteiger partial charge < -0.3 is 14.2 Å². The molecule has 0 amide bonds. The lowest BCUT2D eigenvalue weighted by Gasteiger charge is -2.23. The van der Waals surface area contributed by atoms with E-state index in [2.05, 4.69) is 0 Å². The van der Waals surface area contributed by atoms with Crippen molar-refractivity contribution in [3.05, 3.63) is 63.9 Å². The van der Waals surface area contributed by atoms with Gasteiger partial charge in [-0.05, 0) is 18.6 Å². The van der Waals surface area contributed by atoms with Crippen LogP contribution in [0.15, 0.2) is 52.2 Å². The fraction of sp³-hybridized carbons (Fsp3) is 0.273. The van der Waals surface area contributed by atoms with Crippen LogP contribution in [-0.4, -0.2) is 16.4 Å². The Labute approximate surface area is 180 Å². The Morgan fingerprint density at radius 2 is 1.90 bits per heavy atom. The molecule has 1 aliphatic rings. The third kappa shape index (κ3) is 3.89. The van der Waals surface area contributed by atoms with Crippen molar-refractivity contribution >= 4 is 34.3 Å². The molecule has 0 atom stereocenters. The first-order chi connectivity index (χ1) is 14.7. The number of nitrogens with zero attached hydrogens (tertiary/aromatic N) is 2. The predicted octanol–water partition coefficient (Wildman–Crippen LogP) is 5.04. The van der Waals surface area contributed by atoms with E-state index in [9.17, 15) is 22.8 Å². The Kier molecular flexibility index (Phi) is 5.47. The molecule has 2 aromatic carbocycles. The van der Waals surface area contributed by atoms with Gasteiger partial charge in [0.1, 0.15) is 5.75 Å². The van der Waals surface area contributed by atoms with E-state index in [1.54, 1.807) is 13.0 Å². The highest BCUT2D eigenvalue weighted by molar-refractivity contribution is 8.00. The van der Waals surface area contributed by atoms with Gasteiger partial charge in [-0.2, -0.15) is 13.2 Å². The molecule has 0 aliphatic carbocycles. The zero-order valence-corrected chi connectivity index (χ0v) is 17.6. The minimum Gasteiger partial charge on any atom is -0.426 e. The van der Waals surface area contributed by atoms with Gasteiger partial charge in [0.05, 0.1) is 28.0 Å². The van der Waals surface area contributed by atoms with Crippen LogP contribution in [0.4, 0.5) is 18.9 Å². The highest BCUT2D eigenvalue weighted by Crippen LogP contribution is 2.51. The molecule has 0 saturated carbocycles. The van der Waals surface area contributed by atoms with Crippen LogP contribution >= 0.6 is 11.8 Å². The van der Waals surface area contributed by atoms with Gasteiger partial charge in [-0.3, -0.25) is 9.59 Å². The highest BCUT2D eigenvalue weighted by atomic mass is 32.2. The van der Waals surface area contributed by atoms with E-state index in [0.29, 0.717) is 18.1 Å². The van der Waals surface area contributed by atoms with E-state index in [1.807, 2.05) is 35.2 Å². The maximum Gasteiger partial charge on any atom is 0.418 e. The zero-order chi connectivity index (χ0) is 22.3. The summed E-state index contributed by atoms with van der Waals surface area (Å²) in [5.41, 5.74) is 0.0675. The van der Waals surface area contributed by atoms with Gasteiger partial charge in [0, 0.05) is 31.0 Å². The highest BCUT2D eigenvalue weighted by Gasteiger charge is 2.41. The van der Waals surface area contributed by atoms with Gasteiger partial charge in [0.2, 0.25) is 0 Å². The summed E-state index contributed by atoms with van der Waals surface area (Å²) in [6.07, 6.45) is -4.70. The van der Waals surface area contributed by atoms with E-state index >= 15 is 0 Å². The standard InChI is InChI=1S/C22H19F3N2O3S/c1-3-27-15-9-16-21(31-12-26(16)11-14-7-5-4-6-8-14)20(22(23,24)25)19(15)17(10-18(27)29)30-13(2)28/h4-10H,3,11-12H2,1-2H3. The van der Waals surface area contributed by atoms with Gasteiger partial charge in [0.15, 0.2) is 0 Å². The second-order valence-corrected chi connectivity index (χ2v) is 8.09. The number of hydrogen-bond donors (Lipinski definition) is 0. The van der Waals surface area contributed by atoms with Crippen molar-refractivity contribution in [3.8, 4) is 5.75 Å². The fourth-order valence-electron chi connectivity index (χ4n) is 3.84. The minimum absolute atomic E-state index is 0.0747. The number of aromatic nitrogens is 1. The van der Waals surface area contributed by atoms with E-state index < -0.39 is 23.3 Å². The van der Waals surface area contributed by atoms with Gasteiger partial charge in [-0.1, -0.05) is 30.3 Å². The van der Waals surface area contributed by atoms with E-state index in [1.165, 1.54) is 4.57 Å². The number of thioether (sulfide) groups is 1. The number of fused-ring (bicyclic) bond motifs is 2. The lowest BCUT2D eigenvalue weighted by Crippen LogP contribution is -2.23. The lowest BCUT2D eigenvalue weighted by atomic mass is 10.0. The number of hydrogen-bond acceptors (Lipinski definition) is 5. The van der Waals surface area contributed by atoms with Crippen LogP contribution in [0.3, 0.4) is 0 Å². The first-order valence-electron chi connectivity index (χ1n) is 9.62. The topological polar surface area (TPSA) is 51.5 Å². The van der Waals surface area contributed by atoms with E-state index in [-0.39, 0.29) is 28.1 Å². The first kappa shape index (κ1) is 21.3. The molecule has 9 heteroatoms. The van der Waals surface area contributed by atoms with Gasteiger partial charge in [0.25, 0.3) is 5.56 Å². The molecular formula is C22H19F3N2O3S. The molecule has 1 aliphatic heterocycles. The number of carbonyl (C=O) groups is 1. The van der Waals surface area contributed by atoms with E-state index in [0.717, 1.165) is 30.3 Å². The summed E-state index contributed by atoms with van der Waals surface area (Å²) in [7, 11) is 0. The number of anilines is 1. The predicted molar refractivity (Wildman–Crippen MR) is 114 cm³/mol. The number of alkyl halides is 3. The molecule has 31 heavy (non-hydrogen) atoms. The van der Waals surface area contributed by atoms with Crippen molar-refractivity contribution in [2.24, 2.45) is 0 Å². The van der Waals surface area contributed by atoms with Crippen molar-refractivity contribution in [2.45, 2.75) is 38.0 Å². The number of benzene rings is 2. The van der Waals surface area contributed by atoms with Crippen molar-refractivity contribution < 1.29 is 22.7 Å². The van der Waals surface area contributed by atoms with Gasteiger partial charge >= 0.3 is 12.1 Å². The molecule has 2 heterocycles. The second kappa shape index (κ2) is 7.96. The first-order valence-corrected chi connectivity index (χ1v) is 10.6. The lowest BCUT2D eigenvalue weighted by molar-refractivity contribution is -0.139. The Bertz CT molecular complexity index is 1220. The molecule has 0 unspecified atom stereocenters. The Morgan fingerprint density at radius 3 is 2.52 bits per heavy atom. The maximum atomic E-state index is 14.3. The van der Waals surface area contributed by atoms with Crippen molar-refractivity contribution in [1.29, 1.82) is 0 Å². The molecule has 1 aromatic heterocycles. The number of rotatable bonds is 4. The number of carbonyl (C=O) groups excluding carboxylic acids is 1. The van der Waals surface area contributed by atoms with Crippen molar-refractivity contribution in [3.63, 3.8) is 0 Å². The Balaban J connectivity index is 2.02. The summed E-state index contributed by atoms with van der Waals surface area (Å²) in [5, 5.41) is -0.267. The molecule has 0 bridgehead atoms. The molecule has 0 N–H and O–H groups in total. The SMILES string of the molecule is CCn1c(=O)cc(OC(C)=O)c2c(C(F)(F)F)c3c(cc21)N(Cc1ccccc1)CS3. The third-order valence-corrected chi connectivity index (χ3v) is 6.21. The normalized spacial score (nSPS) is 13.5. The summed E-state index contributed by atoms with van der Waals surface area (Å²) in [6.45, 7) is 3.39. The Morgan fingerprint density at radius 1 is 1.19 bits per heavy atom. The molecule has 162 valence electrons. The summed E-state index contributed by atoms with van der Waals surface area (Å²) in [5.74, 6) is -0.820. The minimum atomic E-state index is -4.70. The second-order valence-electron chi connectivity index (χ2n) is 7.13. The number of esters is 1. The average Bonchev–Trinajstić information content (AvgIpc) is 3.08. The molecule has 5 nitrogen and oxygen atoms in total. The van der Waals surface area contributed by atoms with Crippen LogP contribution in [0.1, 0.15) is 25.0 Å². The molecule has 0 saturated heterocycles. The number of ether oxygens (including phenoxy) is 1. The van der Waals surface area contributed by atoms with Gasteiger partial charge in [-0.25, -0.2) is 0 Å². The van der Waals surface area contributed by atoms with Crippen molar-refractivity contribution in [2.75, 3.05) is 10.8 Å². The van der Waals surface area contributed by atoms with Crippen LogP contribution in [-0.2, 0) is 24.1 Å². The molecule has 0 spiro atoms. The molecular weight excluding hydrogens is 429 g/mol. The van der Waals surface area contributed by atoms with Crippen LogP contribution in [0.5, 0.6) is 5.75 Å². The monoisotopic (exact) mass is 448 g/mol. The largest absolute Gasteiger partial charge is 0.426 e. The molecule has 0 fully saturated rings. The third-order valence-electron chi connectivity index (χ3n) is 5.07. The average molecular weight is 448 g/mol. The number of pyridine rings is 1. The van der Waals surface area contributed by atoms with Crippen LogP contribution in [0.2, 0.25) is 0 Å². The van der Waals surface area contributed by atoms with Crippen LogP contribution < -0.4 is 15.2 Å². The van der Waals surface area contributed by atoms with Crippen LogP contribution in [0, 0.1) is 0 Å². The molecule has 3 aromatic rings. The van der Waals surface area contributed by atoms with E-state index in [4.69, 9.17) is 4.74 Å². The molecule has 4 rings (SSSR count). The number of halogens is 3.